The summed E-state index contributed by atoms with van der Waals surface area (Å²) in [7, 11) is 1.59. The number of carbonyl (C=O) groups excluding carboxylic acids is 2. The maximum absolute atomic E-state index is 13.1. The average Bonchev–Trinajstić information content (AvgIpc) is 2.90. The number of carbonyl (C=O) groups is 2. The van der Waals surface area contributed by atoms with Crippen LogP contribution in [0.25, 0.3) is 5.57 Å². The van der Waals surface area contributed by atoms with Crippen molar-refractivity contribution in [3.63, 3.8) is 0 Å². The summed E-state index contributed by atoms with van der Waals surface area (Å²) in [4.78, 5) is 27.4. The summed E-state index contributed by atoms with van der Waals surface area (Å²) in [5.41, 5.74) is 4.03. The Morgan fingerprint density at radius 2 is 1.75 bits per heavy atom. The van der Waals surface area contributed by atoms with Gasteiger partial charge < -0.3 is 10.1 Å². The Kier molecular flexibility index (Phi) is 6.17. The van der Waals surface area contributed by atoms with Gasteiger partial charge in [-0.2, -0.15) is 0 Å². The van der Waals surface area contributed by atoms with Gasteiger partial charge in [0.25, 0.3) is 11.8 Å². The molecular weight excluding hydrogens is 376 g/mol. The lowest BCUT2D eigenvalue weighted by atomic mass is 10.0. The molecule has 2 aromatic carbocycles. The van der Waals surface area contributed by atoms with Gasteiger partial charge in [0.15, 0.2) is 0 Å². The number of ether oxygens (including phenoxy) is 1. The molecular formula is C22H23ClN2O3. The van der Waals surface area contributed by atoms with E-state index in [1.54, 1.807) is 13.2 Å². The van der Waals surface area contributed by atoms with E-state index in [9.17, 15) is 9.59 Å². The van der Waals surface area contributed by atoms with Crippen LogP contribution in [0.5, 0.6) is 0 Å². The van der Waals surface area contributed by atoms with Crippen molar-refractivity contribution in [3.8, 4) is 0 Å². The summed E-state index contributed by atoms with van der Waals surface area (Å²) in [6, 6.07) is 13.0. The summed E-state index contributed by atoms with van der Waals surface area (Å²) in [6.45, 7) is 4.67. The number of amides is 2. The molecule has 146 valence electrons. The fourth-order valence-corrected chi connectivity index (χ4v) is 3.25. The molecule has 2 amide bonds. The second-order valence-electron chi connectivity index (χ2n) is 6.81. The fraction of sp³-hybridized carbons (Fsp3) is 0.273. The van der Waals surface area contributed by atoms with Crippen LogP contribution in [-0.2, 0) is 14.3 Å². The third-order valence-corrected chi connectivity index (χ3v) is 5.09. The predicted molar refractivity (Wildman–Crippen MR) is 111 cm³/mol. The Hall–Kier alpha value is -2.63. The molecule has 0 radical (unpaired) electrons. The van der Waals surface area contributed by atoms with Crippen LogP contribution in [0.3, 0.4) is 0 Å². The maximum Gasteiger partial charge on any atom is 0.278 e. The molecule has 0 saturated heterocycles. The van der Waals surface area contributed by atoms with Gasteiger partial charge in [-0.15, -0.1) is 0 Å². The standard InChI is InChI=1S/C22H23ClN2O3/c1-14-5-8-16(9-6-14)19-20(24-17-10-7-15(2)18(23)13-17)22(27)25(21(19)26)11-4-12-28-3/h5-10,13,24H,4,11-12H2,1-3H3. The quantitative estimate of drug-likeness (QED) is 0.561. The fourth-order valence-electron chi connectivity index (χ4n) is 3.07. The van der Waals surface area contributed by atoms with Crippen LogP contribution in [0.1, 0.15) is 23.1 Å². The second kappa shape index (κ2) is 8.59. The molecule has 5 nitrogen and oxygen atoms in total. The molecule has 0 saturated carbocycles. The molecule has 0 spiro atoms. The van der Waals surface area contributed by atoms with E-state index in [4.69, 9.17) is 16.3 Å². The summed E-state index contributed by atoms with van der Waals surface area (Å²) < 4.78 is 5.05. The molecule has 2 aromatic rings. The highest BCUT2D eigenvalue weighted by atomic mass is 35.5. The van der Waals surface area contributed by atoms with Gasteiger partial charge in [-0.25, -0.2) is 0 Å². The molecule has 0 aliphatic carbocycles. The van der Waals surface area contributed by atoms with Crippen LogP contribution in [0.15, 0.2) is 48.2 Å². The highest BCUT2D eigenvalue weighted by molar-refractivity contribution is 6.36. The van der Waals surface area contributed by atoms with E-state index < -0.39 is 0 Å². The van der Waals surface area contributed by atoms with Gasteiger partial charge in [0.2, 0.25) is 0 Å². The average molecular weight is 399 g/mol. The van der Waals surface area contributed by atoms with Crippen molar-refractivity contribution < 1.29 is 14.3 Å². The monoisotopic (exact) mass is 398 g/mol. The van der Waals surface area contributed by atoms with E-state index in [0.29, 0.717) is 41.4 Å². The van der Waals surface area contributed by atoms with Crippen molar-refractivity contribution in [2.24, 2.45) is 0 Å². The first-order valence-corrected chi connectivity index (χ1v) is 9.49. The number of nitrogens with zero attached hydrogens (tertiary/aromatic N) is 1. The van der Waals surface area contributed by atoms with Crippen LogP contribution in [0.2, 0.25) is 5.02 Å². The molecule has 0 aromatic heterocycles. The first-order chi connectivity index (χ1) is 13.4. The Labute approximate surface area is 169 Å². The largest absolute Gasteiger partial charge is 0.385 e. The molecule has 0 fully saturated rings. The number of halogens is 1. The van der Waals surface area contributed by atoms with Gasteiger partial charge in [-0.05, 0) is 43.5 Å². The van der Waals surface area contributed by atoms with E-state index in [1.165, 1.54) is 4.90 Å². The molecule has 1 heterocycles. The molecule has 28 heavy (non-hydrogen) atoms. The van der Waals surface area contributed by atoms with Gasteiger partial charge >= 0.3 is 0 Å². The Bertz CT molecular complexity index is 935. The van der Waals surface area contributed by atoms with Crippen molar-refractivity contribution in [2.75, 3.05) is 25.6 Å². The van der Waals surface area contributed by atoms with Gasteiger partial charge in [0, 0.05) is 31.0 Å². The van der Waals surface area contributed by atoms with Crippen molar-refractivity contribution in [2.45, 2.75) is 20.3 Å². The van der Waals surface area contributed by atoms with Crippen LogP contribution >= 0.6 is 11.6 Å². The number of anilines is 1. The lowest BCUT2D eigenvalue weighted by molar-refractivity contribution is -0.136. The highest BCUT2D eigenvalue weighted by Gasteiger charge is 2.38. The lowest BCUT2D eigenvalue weighted by Crippen LogP contribution is -2.33. The van der Waals surface area contributed by atoms with Crippen molar-refractivity contribution >= 4 is 34.7 Å². The zero-order valence-electron chi connectivity index (χ0n) is 16.2. The number of rotatable bonds is 7. The summed E-state index contributed by atoms with van der Waals surface area (Å²) in [5.74, 6) is -0.640. The molecule has 0 bridgehead atoms. The first kappa shape index (κ1) is 20.1. The van der Waals surface area contributed by atoms with Gasteiger partial charge in [-0.3, -0.25) is 14.5 Å². The van der Waals surface area contributed by atoms with E-state index in [1.807, 2.05) is 50.2 Å². The van der Waals surface area contributed by atoms with Gasteiger partial charge in [0.05, 0.1) is 5.57 Å². The Morgan fingerprint density at radius 3 is 2.39 bits per heavy atom. The molecule has 1 N–H and O–H groups in total. The lowest BCUT2D eigenvalue weighted by Gasteiger charge is -2.15. The van der Waals surface area contributed by atoms with E-state index in [2.05, 4.69) is 5.32 Å². The minimum Gasteiger partial charge on any atom is -0.385 e. The molecule has 6 heteroatoms. The van der Waals surface area contributed by atoms with Crippen molar-refractivity contribution in [1.82, 2.24) is 4.90 Å². The minimum absolute atomic E-state index is 0.270. The number of hydrogen-bond donors (Lipinski definition) is 1. The summed E-state index contributed by atoms with van der Waals surface area (Å²) in [5, 5.41) is 3.72. The predicted octanol–water partition coefficient (Wildman–Crippen LogP) is 4.19. The molecule has 1 aliphatic heterocycles. The second-order valence-corrected chi connectivity index (χ2v) is 7.22. The maximum atomic E-state index is 13.1. The molecule has 3 rings (SSSR count). The molecule has 1 aliphatic rings. The number of aryl methyl sites for hydroxylation is 2. The van der Waals surface area contributed by atoms with Crippen molar-refractivity contribution in [3.05, 3.63) is 69.9 Å². The Morgan fingerprint density at radius 1 is 1.04 bits per heavy atom. The number of nitrogens with one attached hydrogen (secondary N) is 1. The van der Waals surface area contributed by atoms with Crippen LogP contribution in [0.4, 0.5) is 5.69 Å². The highest BCUT2D eigenvalue weighted by Crippen LogP contribution is 2.31. The third kappa shape index (κ3) is 4.11. The van der Waals surface area contributed by atoms with E-state index in [-0.39, 0.29) is 17.5 Å². The summed E-state index contributed by atoms with van der Waals surface area (Å²) in [6.07, 6.45) is 0.582. The number of methoxy groups -OCH3 is 1. The van der Waals surface area contributed by atoms with Crippen LogP contribution in [-0.4, -0.2) is 37.0 Å². The summed E-state index contributed by atoms with van der Waals surface area (Å²) >= 11 is 6.22. The number of imide groups is 1. The normalized spacial score (nSPS) is 14.2. The van der Waals surface area contributed by atoms with Gasteiger partial charge in [0.1, 0.15) is 5.70 Å². The third-order valence-electron chi connectivity index (χ3n) is 4.68. The van der Waals surface area contributed by atoms with E-state index in [0.717, 1.165) is 11.1 Å². The number of benzene rings is 2. The zero-order chi connectivity index (χ0) is 20.3. The van der Waals surface area contributed by atoms with E-state index >= 15 is 0 Å². The van der Waals surface area contributed by atoms with Crippen molar-refractivity contribution in [1.29, 1.82) is 0 Å². The number of hydrogen-bond acceptors (Lipinski definition) is 4. The van der Waals surface area contributed by atoms with Crippen LogP contribution < -0.4 is 5.32 Å². The SMILES string of the molecule is COCCCN1C(=O)C(Nc2ccc(C)c(Cl)c2)=C(c2ccc(C)cc2)C1=O. The first-order valence-electron chi connectivity index (χ1n) is 9.12. The minimum atomic E-state index is -0.339. The molecule has 0 unspecified atom stereocenters. The Balaban J connectivity index is 1.99. The molecule has 0 atom stereocenters. The smallest absolute Gasteiger partial charge is 0.278 e. The topological polar surface area (TPSA) is 58.6 Å². The zero-order valence-corrected chi connectivity index (χ0v) is 17.0. The van der Waals surface area contributed by atoms with Gasteiger partial charge in [-0.1, -0.05) is 47.5 Å². The van der Waals surface area contributed by atoms with Crippen LogP contribution in [0, 0.1) is 13.8 Å².